The lowest BCUT2D eigenvalue weighted by molar-refractivity contribution is 0.102. The number of hydrogen-bond acceptors (Lipinski definition) is 4. The molecule has 1 amide bonds. The maximum Gasteiger partial charge on any atom is 0.301 e. The number of H-pyrrole nitrogens is 1. The van der Waals surface area contributed by atoms with Gasteiger partial charge < -0.3 is 9.40 Å². The molecule has 2 aromatic heterocycles. The SMILES string of the molecule is Cc1coc(NC(=O)c2c[nH]ccc2=O)n1. The number of rotatable bonds is 2. The van der Waals surface area contributed by atoms with Crippen LogP contribution in [0.1, 0.15) is 16.1 Å². The molecule has 6 heteroatoms. The van der Waals surface area contributed by atoms with Crippen molar-refractivity contribution in [1.82, 2.24) is 9.97 Å². The normalized spacial score (nSPS) is 10.1. The average Bonchev–Trinajstić information content (AvgIpc) is 2.64. The lowest BCUT2D eigenvalue weighted by Gasteiger charge is -1.98. The number of amides is 1. The third-order valence-corrected chi connectivity index (χ3v) is 1.91. The van der Waals surface area contributed by atoms with Gasteiger partial charge >= 0.3 is 6.01 Å². The number of hydrogen-bond donors (Lipinski definition) is 2. The molecule has 2 rings (SSSR count). The van der Waals surface area contributed by atoms with E-state index < -0.39 is 5.91 Å². The highest BCUT2D eigenvalue weighted by molar-refractivity contribution is 6.02. The van der Waals surface area contributed by atoms with E-state index >= 15 is 0 Å². The third-order valence-electron chi connectivity index (χ3n) is 1.91. The van der Waals surface area contributed by atoms with Crippen LogP contribution >= 0.6 is 0 Å². The molecular weight excluding hydrogens is 210 g/mol. The monoisotopic (exact) mass is 219 g/mol. The second kappa shape index (κ2) is 4.01. The van der Waals surface area contributed by atoms with E-state index in [0.717, 1.165) is 0 Å². The summed E-state index contributed by atoms with van der Waals surface area (Å²) in [7, 11) is 0. The van der Waals surface area contributed by atoms with Gasteiger partial charge in [-0.2, -0.15) is 4.98 Å². The lowest BCUT2D eigenvalue weighted by Crippen LogP contribution is -2.20. The molecule has 0 aliphatic heterocycles. The summed E-state index contributed by atoms with van der Waals surface area (Å²) in [6.45, 7) is 1.73. The van der Waals surface area contributed by atoms with E-state index in [1.54, 1.807) is 6.92 Å². The van der Waals surface area contributed by atoms with E-state index in [2.05, 4.69) is 15.3 Å². The Labute approximate surface area is 90.3 Å². The van der Waals surface area contributed by atoms with Crippen molar-refractivity contribution in [3.05, 3.63) is 46.2 Å². The summed E-state index contributed by atoms with van der Waals surface area (Å²) in [6.07, 6.45) is 4.19. The number of pyridine rings is 1. The summed E-state index contributed by atoms with van der Waals surface area (Å²) in [6, 6.07) is 1.35. The minimum Gasteiger partial charge on any atom is -0.432 e. The number of aromatic amines is 1. The van der Waals surface area contributed by atoms with Crippen molar-refractivity contribution in [3.8, 4) is 0 Å². The van der Waals surface area contributed by atoms with Crippen LogP contribution in [0.5, 0.6) is 0 Å². The van der Waals surface area contributed by atoms with Crippen molar-refractivity contribution in [1.29, 1.82) is 0 Å². The molecule has 0 aliphatic carbocycles. The summed E-state index contributed by atoms with van der Waals surface area (Å²) in [4.78, 5) is 29.5. The summed E-state index contributed by atoms with van der Waals surface area (Å²) >= 11 is 0. The quantitative estimate of drug-likeness (QED) is 0.786. The molecule has 0 atom stereocenters. The van der Waals surface area contributed by atoms with Crippen molar-refractivity contribution in [2.24, 2.45) is 0 Å². The van der Waals surface area contributed by atoms with Crippen molar-refractivity contribution < 1.29 is 9.21 Å². The molecule has 2 N–H and O–H groups in total. The van der Waals surface area contributed by atoms with Crippen molar-refractivity contribution >= 4 is 11.9 Å². The number of carbonyl (C=O) groups is 1. The molecular formula is C10H9N3O3. The van der Waals surface area contributed by atoms with Crippen LogP contribution < -0.4 is 10.7 Å². The van der Waals surface area contributed by atoms with Gasteiger partial charge in [0.05, 0.1) is 5.69 Å². The van der Waals surface area contributed by atoms with Gasteiger partial charge in [0.2, 0.25) is 0 Å². The van der Waals surface area contributed by atoms with Gasteiger partial charge in [-0.05, 0) is 6.92 Å². The molecule has 0 fully saturated rings. The highest BCUT2D eigenvalue weighted by Gasteiger charge is 2.12. The second-order valence-electron chi connectivity index (χ2n) is 3.17. The van der Waals surface area contributed by atoms with E-state index in [-0.39, 0.29) is 17.0 Å². The summed E-state index contributed by atoms with van der Waals surface area (Å²) in [5.41, 5.74) is 0.301. The molecule has 16 heavy (non-hydrogen) atoms. The van der Waals surface area contributed by atoms with Gasteiger partial charge in [-0.15, -0.1) is 0 Å². The van der Waals surface area contributed by atoms with Gasteiger partial charge in [0, 0.05) is 18.5 Å². The Kier molecular flexibility index (Phi) is 2.55. The smallest absolute Gasteiger partial charge is 0.301 e. The van der Waals surface area contributed by atoms with E-state index in [0.29, 0.717) is 5.69 Å². The highest BCUT2D eigenvalue weighted by atomic mass is 16.4. The minimum absolute atomic E-state index is 0.0124. The molecule has 0 aliphatic rings. The lowest BCUT2D eigenvalue weighted by atomic mass is 10.2. The Morgan fingerprint density at radius 3 is 3.00 bits per heavy atom. The molecule has 82 valence electrons. The van der Waals surface area contributed by atoms with Crippen LogP contribution in [0.2, 0.25) is 0 Å². The molecule has 0 unspecified atom stereocenters. The number of carbonyl (C=O) groups excluding carboxylic acids is 1. The molecule has 0 bridgehead atoms. The van der Waals surface area contributed by atoms with Gasteiger partial charge in [0.1, 0.15) is 11.8 Å². The first-order valence-electron chi connectivity index (χ1n) is 4.57. The average molecular weight is 219 g/mol. The topological polar surface area (TPSA) is 88.0 Å². The van der Waals surface area contributed by atoms with Crippen molar-refractivity contribution in [2.45, 2.75) is 6.92 Å². The van der Waals surface area contributed by atoms with Crippen LogP contribution in [0.3, 0.4) is 0 Å². The first-order chi connectivity index (χ1) is 7.66. The molecule has 0 saturated heterocycles. The van der Waals surface area contributed by atoms with Crippen LogP contribution in [-0.2, 0) is 0 Å². The predicted octanol–water partition coefficient (Wildman–Crippen LogP) is 0.924. The van der Waals surface area contributed by atoms with Gasteiger partial charge in [0.15, 0.2) is 5.43 Å². The van der Waals surface area contributed by atoms with Crippen LogP contribution in [0, 0.1) is 6.92 Å². The van der Waals surface area contributed by atoms with Gasteiger partial charge in [-0.1, -0.05) is 0 Å². The number of oxazole rings is 1. The summed E-state index contributed by atoms with van der Waals surface area (Å²) < 4.78 is 4.94. The van der Waals surface area contributed by atoms with Gasteiger partial charge in [-0.25, -0.2) is 0 Å². The molecule has 0 spiro atoms. The zero-order chi connectivity index (χ0) is 11.5. The summed E-state index contributed by atoms with van der Waals surface area (Å²) in [5.74, 6) is -0.552. The Balaban J connectivity index is 2.21. The Morgan fingerprint density at radius 1 is 1.56 bits per heavy atom. The molecule has 0 radical (unpaired) electrons. The first-order valence-corrected chi connectivity index (χ1v) is 4.57. The number of aryl methyl sites for hydroxylation is 1. The third kappa shape index (κ3) is 2.00. The number of nitrogens with zero attached hydrogens (tertiary/aromatic N) is 1. The van der Waals surface area contributed by atoms with E-state index in [1.807, 2.05) is 0 Å². The maximum absolute atomic E-state index is 11.6. The fourth-order valence-corrected chi connectivity index (χ4v) is 1.17. The number of anilines is 1. The molecule has 2 aromatic rings. The molecule has 2 heterocycles. The maximum atomic E-state index is 11.6. The van der Waals surface area contributed by atoms with Crippen LogP contribution in [-0.4, -0.2) is 15.9 Å². The Hall–Kier alpha value is -2.37. The van der Waals surface area contributed by atoms with E-state index in [9.17, 15) is 9.59 Å². The second-order valence-corrected chi connectivity index (χ2v) is 3.17. The highest BCUT2D eigenvalue weighted by Crippen LogP contribution is 2.06. The number of aromatic nitrogens is 2. The van der Waals surface area contributed by atoms with Crippen molar-refractivity contribution in [3.63, 3.8) is 0 Å². The largest absolute Gasteiger partial charge is 0.432 e. The Morgan fingerprint density at radius 2 is 2.38 bits per heavy atom. The Bertz CT molecular complexity index is 570. The molecule has 0 aromatic carbocycles. The fourth-order valence-electron chi connectivity index (χ4n) is 1.17. The van der Waals surface area contributed by atoms with Crippen LogP contribution in [0.25, 0.3) is 0 Å². The summed E-state index contributed by atoms with van der Waals surface area (Å²) in [5, 5.41) is 2.38. The predicted molar refractivity (Wildman–Crippen MR) is 56.3 cm³/mol. The van der Waals surface area contributed by atoms with Gasteiger partial charge in [0.25, 0.3) is 5.91 Å². The van der Waals surface area contributed by atoms with Gasteiger partial charge in [-0.3, -0.25) is 14.9 Å². The zero-order valence-electron chi connectivity index (χ0n) is 8.48. The standard InChI is InChI=1S/C10H9N3O3/c1-6-5-16-10(12-6)13-9(15)7-4-11-3-2-8(7)14/h2-5H,1H3,(H,11,14)(H,12,13,15). The van der Waals surface area contributed by atoms with Crippen LogP contribution in [0.15, 0.2) is 33.9 Å². The fraction of sp³-hybridized carbons (Fsp3) is 0.100. The zero-order valence-corrected chi connectivity index (χ0v) is 8.48. The van der Waals surface area contributed by atoms with E-state index in [1.165, 1.54) is 24.7 Å². The molecule has 6 nitrogen and oxygen atoms in total. The van der Waals surface area contributed by atoms with E-state index in [4.69, 9.17) is 4.42 Å². The van der Waals surface area contributed by atoms with Crippen LogP contribution in [0.4, 0.5) is 6.01 Å². The number of nitrogens with one attached hydrogen (secondary N) is 2. The first kappa shape index (κ1) is 10.2. The molecule has 0 saturated carbocycles. The minimum atomic E-state index is -0.552. The van der Waals surface area contributed by atoms with Crippen molar-refractivity contribution in [2.75, 3.05) is 5.32 Å².